The number of nitrogens with one attached hydrogen (secondary N) is 3. The number of benzene rings is 3. The number of aliphatic hydroxyl groups excluding tert-OH is 1. The molecule has 1 unspecified atom stereocenters. The molecule has 160 valence electrons. The minimum atomic E-state index is -1.12. The quantitative estimate of drug-likeness (QED) is 0.363. The monoisotopic (exact) mass is 426 g/mol. The van der Waals surface area contributed by atoms with Crippen LogP contribution in [0.25, 0.3) is 22.4 Å². The number of hydrogen-bond acceptors (Lipinski definition) is 4. The Kier molecular flexibility index (Phi) is 6.38. The summed E-state index contributed by atoms with van der Waals surface area (Å²) < 4.78 is 0. The van der Waals surface area contributed by atoms with Crippen LogP contribution in [0.3, 0.4) is 0 Å². The van der Waals surface area contributed by atoms with Crippen LogP contribution in [-0.4, -0.2) is 39.8 Å². The van der Waals surface area contributed by atoms with Gasteiger partial charge in [-0.2, -0.15) is 5.10 Å². The highest BCUT2D eigenvalue weighted by molar-refractivity contribution is 6.01. The lowest BCUT2D eigenvalue weighted by atomic mass is 10.0. The van der Waals surface area contributed by atoms with E-state index in [4.69, 9.17) is 0 Å². The molecule has 0 aliphatic heterocycles. The van der Waals surface area contributed by atoms with Crippen LogP contribution in [0, 0.1) is 0 Å². The van der Waals surface area contributed by atoms with Crippen molar-refractivity contribution in [3.05, 3.63) is 96.6 Å². The molecule has 1 atom stereocenters. The van der Waals surface area contributed by atoms with Gasteiger partial charge in [-0.15, -0.1) is 0 Å². The summed E-state index contributed by atoms with van der Waals surface area (Å²) >= 11 is 0. The maximum atomic E-state index is 12.6. The Morgan fingerprint density at radius 1 is 0.844 bits per heavy atom. The van der Waals surface area contributed by atoms with Crippen molar-refractivity contribution in [2.45, 2.75) is 6.04 Å². The molecule has 4 aromatic rings. The van der Waals surface area contributed by atoms with Gasteiger partial charge in [-0.1, -0.05) is 72.8 Å². The van der Waals surface area contributed by atoms with Crippen LogP contribution in [0.2, 0.25) is 0 Å². The van der Waals surface area contributed by atoms with E-state index in [9.17, 15) is 14.7 Å². The van der Waals surface area contributed by atoms with Gasteiger partial charge in [-0.05, 0) is 28.8 Å². The van der Waals surface area contributed by atoms with E-state index in [1.54, 1.807) is 18.2 Å². The molecule has 4 rings (SSSR count). The normalized spacial score (nSPS) is 11.5. The molecule has 1 aromatic heterocycles. The molecular formula is C25H22N4O3. The Hall–Kier alpha value is -4.23. The first-order chi connectivity index (χ1) is 15.6. The van der Waals surface area contributed by atoms with Crippen molar-refractivity contribution in [3.63, 3.8) is 0 Å². The van der Waals surface area contributed by atoms with Gasteiger partial charge in [0.15, 0.2) is 5.82 Å². The zero-order valence-electron chi connectivity index (χ0n) is 17.2. The van der Waals surface area contributed by atoms with E-state index in [-0.39, 0.29) is 0 Å². The number of carbonyl (C=O) groups excluding carboxylic acids is 2. The standard InChI is InChI=1S/C25H22N4O3/c30-16-22(25(32)27-23-15-21(28-29-23)19-9-5-2-6-10-19)26-24(31)20-13-11-18(12-14-20)17-7-3-1-4-8-17/h1-15,22,30H,16H2,(H,26,31)(H2,27,28,29,32). The summed E-state index contributed by atoms with van der Waals surface area (Å²) in [4.78, 5) is 25.1. The van der Waals surface area contributed by atoms with Crippen LogP contribution in [0.5, 0.6) is 0 Å². The molecular weight excluding hydrogens is 404 g/mol. The lowest BCUT2D eigenvalue weighted by Gasteiger charge is -2.15. The van der Waals surface area contributed by atoms with Crippen LogP contribution >= 0.6 is 0 Å². The van der Waals surface area contributed by atoms with E-state index >= 15 is 0 Å². The van der Waals surface area contributed by atoms with Crippen molar-refractivity contribution < 1.29 is 14.7 Å². The molecule has 0 spiro atoms. The maximum Gasteiger partial charge on any atom is 0.251 e. The Morgan fingerprint density at radius 2 is 1.44 bits per heavy atom. The summed E-state index contributed by atoms with van der Waals surface area (Å²) in [5.41, 5.74) is 4.07. The second-order valence-electron chi connectivity index (χ2n) is 7.17. The smallest absolute Gasteiger partial charge is 0.251 e. The van der Waals surface area contributed by atoms with Crippen molar-refractivity contribution in [1.29, 1.82) is 0 Å². The van der Waals surface area contributed by atoms with Gasteiger partial charge in [0, 0.05) is 11.6 Å². The molecule has 0 aliphatic rings. The van der Waals surface area contributed by atoms with Crippen molar-refractivity contribution >= 4 is 17.6 Å². The number of aromatic nitrogens is 2. The third-order valence-corrected chi connectivity index (χ3v) is 4.97. The number of H-pyrrole nitrogens is 1. The lowest BCUT2D eigenvalue weighted by molar-refractivity contribution is -0.118. The first-order valence-electron chi connectivity index (χ1n) is 10.1. The number of amides is 2. The number of anilines is 1. The number of aromatic amines is 1. The number of aliphatic hydroxyl groups is 1. The predicted octanol–water partition coefficient (Wildman–Crippen LogP) is 3.47. The third-order valence-electron chi connectivity index (χ3n) is 4.97. The highest BCUT2D eigenvalue weighted by Gasteiger charge is 2.21. The molecule has 7 nitrogen and oxygen atoms in total. The second-order valence-corrected chi connectivity index (χ2v) is 7.17. The van der Waals surface area contributed by atoms with Crippen molar-refractivity contribution in [3.8, 4) is 22.4 Å². The molecule has 4 N–H and O–H groups in total. The molecule has 0 saturated carbocycles. The molecule has 3 aromatic carbocycles. The molecule has 2 amide bonds. The fourth-order valence-electron chi connectivity index (χ4n) is 3.25. The highest BCUT2D eigenvalue weighted by Crippen LogP contribution is 2.20. The molecule has 7 heteroatoms. The van der Waals surface area contributed by atoms with Gasteiger partial charge in [-0.25, -0.2) is 0 Å². The SMILES string of the molecule is O=C(NC(CO)C(=O)Nc1cc(-c2ccccc2)[nH]n1)c1ccc(-c2ccccc2)cc1. The predicted molar refractivity (Wildman–Crippen MR) is 123 cm³/mol. The van der Waals surface area contributed by atoms with Crippen LogP contribution in [0.1, 0.15) is 10.4 Å². The molecule has 0 saturated heterocycles. The number of nitrogens with zero attached hydrogens (tertiary/aromatic N) is 1. The van der Waals surface area contributed by atoms with Crippen LogP contribution in [0.4, 0.5) is 5.82 Å². The maximum absolute atomic E-state index is 12.6. The zero-order valence-corrected chi connectivity index (χ0v) is 17.2. The van der Waals surface area contributed by atoms with E-state index in [1.807, 2.05) is 72.8 Å². The van der Waals surface area contributed by atoms with Gasteiger partial charge in [0.2, 0.25) is 0 Å². The van der Waals surface area contributed by atoms with Crippen molar-refractivity contribution in [2.75, 3.05) is 11.9 Å². The Morgan fingerprint density at radius 3 is 2.06 bits per heavy atom. The summed E-state index contributed by atoms with van der Waals surface area (Å²) in [6.45, 7) is -0.546. The topological polar surface area (TPSA) is 107 Å². The van der Waals surface area contributed by atoms with E-state index in [1.165, 1.54) is 0 Å². The van der Waals surface area contributed by atoms with Gasteiger partial charge in [0.05, 0.1) is 12.3 Å². The van der Waals surface area contributed by atoms with Crippen LogP contribution in [0.15, 0.2) is 91.0 Å². The first kappa shape index (κ1) is 21.0. The van der Waals surface area contributed by atoms with Gasteiger partial charge in [0.25, 0.3) is 11.8 Å². The summed E-state index contributed by atoms with van der Waals surface area (Å²) in [5, 5.41) is 21.7. The summed E-state index contributed by atoms with van der Waals surface area (Å²) in [7, 11) is 0. The van der Waals surface area contributed by atoms with Crippen molar-refractivity contribution in [2.24, 2.45) is 0 Å². The third kappa shape index (κ3) is 4.91. The number of hydrogen-bond donors (Lipinski definition) is 4. The van der Waals surface area contributed by atoms with E-state index < -0.39 is 24.5 Å². The van der Waals surface area contributed by atoms with E-state index in [0.29, 0.717) is 11.4 Å². The second kappa shape index (κ2) is 9.72. The minimum absolute atomic E-state index is 0.300. The molecule has 0 fully saturated rings. The summed E-state index contributed by atoms with van der Waals surface area (Å²) in [5.74, 6) is -0.715. The zero-order chi connectivity index (χ0) is 22.3. The Balaban J connectivity index is 1.39. The van der Waals surface area contributed by atoms with Crippen LogP contribution in [-0.2, 0) is 4.79 Å². The summed E-state index contributed by atoms with van der Waals surface area (Å²) in [6, 6.07) is 27.0. The van der Waals surface area contributed by atoms with E-state index in [2.05, 4.69) is 20.8 Å². The average Bonchev–Trinajstić information content (AvgIpc) is 3.32. The highest BCUT2D eigenvalue weighted by atomic mass is 16.3. The summed E-state index contributed by atoms with van der Waals surface area (Å²) in [6.07, 6.45) is 0. The molecule has 0 radical (unpaired) electrons. The number of carbonyl (C=O) groups is 2. The lowest BCUT2D eigenvalue weighted by Crippen LogP contribution is -2.46. The largest absolute Gasteiger partial charge is 0.394 e. The first-order valence-corrected chi connectivity index (χ1v) is 10.1. The Bertz CT molecular complexity index is 1190. The van der Waals surface area contributed by atoms with Gasteiger partial charge < -0.3 is 15.7 Å². The van der Waals surface area contributed by atoms with Crippen molar-refractivity contribution in [1.82, 2.24) is 15.5 Å². The van der Waals surface area contributed by atoms with Gasteiger partial charge >= 0.3 is 0 Å². The van der Waals surface area contributed by atoms with Gasteiger partial charge in [-0.3, -0.25) is 14.7 Å². The molecule has 0 bridgehead atoms. The average molecular weight is 426 g/mol. The molecule has 0 aliphatic carbocycles. The van der Waals surface area contributed by atoms with Crippen LogP contribution < -0.4 is 10.6 Å². The van der Waals surface area contributed by atoms with Gasteiger partial charge in [0.1, 0.15) is 6.04 Å². The minimum Gasteiger partial charge on any atom is -0.394 e. The number of rotatable bonds is 7. The Labute approximate surface area is 185 Å². The fourth-order valence-corrected chi connectivity index (χ4v) is 3.25. The molecule has 32 heavy (non-hydrogen) atoms. The fraction of sp³-hybridized carbons (Fsp3) is 0.0800. The van der Waals surface area contributed by atoms with E-state index in [0.717, 1.165) is 22.4 Å². The molecule has 1 heterocycles.